The largest absolute Gasteiger partial charge is 0.480 e. The Kier molecular flexibility index (Phi) is 5.17. The van der Waals surface area contributed by atoms with Crippen molar-refractivity contribution in [2.75, 3.05) is 13.2 Å². The highest BCUT2D eigenvalue weighted by atomic mass is 16.5. The summed E-state index contributed by atoms with van der Waals surface area (Å²) in [4.78, 5) is 13.1. The first-order valence-corrected chi connectivity index (χ1v) is 6.82. The van der Waals surface area contributed by atoms with Crippen LogP contribution in [0.1, 0.15) is 47.5 Å². The lowest BCUT2D eigenvalue weighted by molar-refractivity contribution is -0.142. The molecule has 0 amide bonds. The second kappa shape index (κ2) is 6.02. The van der Waals surface area contributed by atoms with E-state index in [4.69, 9.17) is 9.84 Å². The van der Waals surface area contributed by atoms with Gasteiger partial charge in [-0.3, -0.25) is 9.69 Å². The van der Waals surface area contributed by atoms with Gasteiger partial charge in [0.1, 0.15) is 0 Å². The van der Waals surface area contributed by atoms with Gasteiger partial charge in [0.2, 0.25) is 0 Å². The van der Waals surface area contributed by atoms with Crippen LogP contribution in [-0.2, 0) is 9.53 Å². The SMILES string of the molecule is CC(C)C1CC(N(CC(=O)O)C(C)(C)C)CCO1. The van der Waals surface area contributed by atoms with Crippen LogP contribution in [0.25, 0.3) is 0 Å². The van der Waals surface area contributed by atoms with E-state index in [0.717, 1.165) is 19.4 Å². The van der Waals surface area contributed by atoms with Crippen molar-refractivity contribution in [1.82, 2.24) is 4.90 Å². The summed E-state index contributed by atoms with van der Waals surface area (Å²) < 4.78 is 5.76. The molecule has 1 rings (SSSR count). The van der Waals surface area contributed by atoms with Gasteiger partial charge in [-0.15, -0.1) is 0 Å². The summed E-state index contributed by atoms with van der Waals surface area (Å²) in [5.74, 6) is -0.267. The van der Waals surface area contributed by atoms with E-state index in [2.05, 4.69) is 39.5 Å². The molecule has 2 atom stereocenters. The lowest BCUT2D eigenvalue weighted by Gasteiger charge is -2.44. The number of carboxylic acid groups (broad SMARTS) is 1. The molecule has 0 saturated carbocycles. The molecule has 1 N–H and O–H groups in total. The Labute approximate surface area is 110 Å². The molecule has 0 aliphatic carbocycles. The lowest BCUT2D eigenvalue weighted by atomic mass is 9.91. The Morgan fingerprint density at radius 2 is 2.06 bits per heavy atom. The van der Waals surface area contributed by atoms with E-state index in [0.29, 0.717) is 12.0 Å². The van der Waals surface area contributed by atoms with Gasteiger partial charge in [-0.1, -0.05) is 13.8 Å². The highest BCUT2D eigenvalue weighted by Crippen LogP contribution is 2.28. The van der Waals surface area contributed by atoms with Gasteiger partial charge in [0.15, 0.2) is 0 Å². The fraction of sp³-hybridized carbons (Fsp3) is 0.929. The average Bonchev–Trinajstić information content (AvgIpc) is 2.24. The smallest absolute Gasteiger partial charge is 0.317 e. The van der Waals surface area contributed by atoms with Crippen LogP contribution in [0.3, 0.4) is 0 Å². The Hall–Kier alpha value is -0.610. The van der Waals surface area contributed by atoms with E-state index in [1.54, 1.807) is 0 Å². The Bertz CT molecular complexity index is 283. The zero-order valence-electron chi connectivity index (χ0n) is 12.3. The molecule has 0 spiro atoms. The normalized spacial score (nSPS) is 25.7. The van der Waals surface area contributed by atoms with E-state index < -0.39 is 5.97 Å². The number of hydrogen-bond acceptors (Lipinski definition) is 3. The summed E-state index contributed by atoms with van der Waals surface area (Å²) in [5, 5.41) is 9.08. The predicted molar refractivity (Wildman–Crippen MR) is 71.7 cm³/mol. The van der Waals surface area contributed by atoms with Crippen LogP contribution < -0.4 is 0 Å². The van der Waals surface area contributed by atoms with Gasteiger partial charge in [-0.2, -0.15) is 0 Å². The maximum absolute atomic E-state index is 11.0. The maximum atomic E-state index is 11.0. The standard InChI is InChI=1S/C14H27NO3/c1-10(2)12-8-11(6-7-18-12)15(9-13(16)17)14(3,4)5/h10-12H,6-9H2,1-5H3,(H,16,17). The van der Waals surface area contributed by atoms with Crippen LogP contribution in [0.2, 0.25) is 0 Å². The Morgan fingerprint density at radius 1 is 1.44 bits per heavy atom. The second-order valence-electron chi connectivity index (χ2n) is 6.52. The van der Waals surface area contributed by atoms with E-state index in [1.807, 2.05) is 0 Å². The number of rotatable bonds is 4. The molecule has 0 aromatic carbocycles. The first-order valence-electron chi connectivity index (χ1n) is 6.82. The molecule has 0 radical (unpaired) electrons. The molecular formula is C14H27NO3. The van der Waals surface area contributed by atoms with Crippen molar-refractivity contribution in [3.8, 4) is 0 Å². The molecule has 4 nitrogen and oxygen atoms in total. The average molecular weight is 257 g/mol. The number of nitrogens with zero attached hydrogens (tertiary/aromatic N) is 1. The zero-order valence-corrected chi connectivity index (χ0v) is 12.3. The van der Waals surface area contributed by atoms with Crippen molar-refractivity contribution >= 4 is 5.97 Å². The predicted octanol–water partition coefficient (Wildman–Crippen LogP) is 2.38. The maximum Gasteiger partial charge on any atom is 0.317 e. The highest BCUT2D eigenvalue weighted by molar-refractivity contribution is 5.69. The molecule has 1 heterocycles. The van der Waals surface area contributed by atoms with Crippen LogP contribution in [0.4, 0.5) is 0 Å². The van der Waals surface area contributed by atoms with Gasteiger partial charge >= 0.3 is 5.97 Å². The number of carbonyl (C=O) groups is 1. The highest BCUT2D eigenvalue weighted by Gasteiger charge is 2.35. The monoisotopic (exact) mass is 257 g/mol. The van der Waals surface area contributed by atoms with E-state index >= 15 is 0 Å². The van der Waals surface area contributed by atoms with Gasteiger partial charge < -0.3 is 9.84 Å². The third-order valence-corrected chi connectivity index (χ3v) is 3.64. The fourth-order valence-corrected chi connectivity index (χ4v) is 2.62. The molecule has 106 valence electrons. The molecule has 0 aromatic rings. The molecule has 1 aliphatic rings. The van der Waals surface area contributed by atoms with Gasteiger partial charge in [0.05, 0.1) is 12.6 Å². The molecule has 0 aromatic heterocycles. The third kappa shape index (κ3) is 4.25. The van der Waals surface area contributed by atoms with Gasteiger partial charge in [-0.25, -0.2) is 0 Å². The number of aliphatic carboxylic acids is 1. The molecule has 4 heteroatoms. The molecule has 1 fully saturated rings. The van der Waals surface area contributed by atoms with Gasteiger partial charge in [0.25, 0.3) is 0 Å². The van der Waals surface area contributed by atoms with Crippen molar-refractivity contribution in [2.24, 2.45) is 5.92 Å². The molecule has 18 heavy (non-hydrogen) atoms. The van der Waals surface area contributed by atoms with Gasteiger partial charge in [0, 0.05) is 18.2 Å². The summed E-state index contributed by atoms with van der Waals surface area (Å²) >= 11 is 0. The van der Waals surface area contributed by atoms with Crippen molar-refractivity contribution < 1.29 is 14.6 Å². The lowest BCUT2D eigenvalue weighted by Crippen LogP contribution is -2.53. The quantitative estimate of drug-likeness (QED) is 0.840. The minimum absolute atomic E-state index is 0.110. The first-order chi connectivity index (χ1) is 8.21. The number of hydrogen-bond donors (Lipinski definition) is 1. The number of ether oxygens (including phenoxy) is 1. The Balaban J connectivity index is 2.75. The summed E-state index contributed by atoms with van der Waals surface area (Å²) in [7, 11) is 0. The minimum atomic E-state index is -0.752. The van der Waals surface area contributed by atoms with E-state index in [9.17, 15) is 4.79 Å². The van der Waals surface area contributed by atoms with Crippen molar-refractivity contribution in [3.05, 3.63) is 0 Å². The summed E-state index contributed by atoms with van der Waals surface area (Å²) in [5.41, 5.74) is -0.123. The second-order valence-corrected chi connectivity index (χ2v) is 6.52. The fourth-order valence-electron chi connectivity index (χ4n) is 2.62. The molecule has 1 aliphatic heterocycles. The summed E-state index contributed by atoms with van der Waals surface area (Å²) in [6.45, 7) is 11.4. The van der Waals surface area contributed by atoms with Crippen LogP contribution in [-0.4, -0.2) is 46.8 Å². The third-order valence-electron chi connectivity index (χ3n) is 3.64. The Morgan fingerprint density at radius 3 is 2.50 bits per heavy atom. The molecular weight excluding hydrogens is 230 g/mol. The van der Waals surface area contributed by atoms with Crippen molar-refractivity contribution in [1.29, 1.82) is 0 Å². The summed E-state index contributed by atoms with van der Waals surface area (Å²) in [6, 6.07) is 0.308. The number of carboxylic acids is 1. The first kappa shape index (κ1) is 15.4. The van der Waals surface area contributed by atoms with E-state index in [-0.39, 0.29) is 18.2 Å². The molecule has 1 saturated heterocycles. The van der Waals surface area contributed by atoms with Crippen LogP contribution >= 0.6 is 0 Å². The molecule has 0 bridgehead atoms. The minimum Gasteiger partial charge on any atom is -0.480 e. The summed E-state index contributed by atoms with van der Waals surface area (Å²) in [6.07, 6.45) is 2.11. The van der Waals surface area contributed by atoms with Crippen LogP contribution in [0.15, 0.2) is 0 Å². The van der Waals surface area contributed by atoms with Crippen molar-refractivity contribution in [3.63, 3.8) is 0 Å². The van der Waals surface area contributed by atoms with Gasteiger partial charge in [-0.05, 0) is 39.5 Å². The van der Waals surface area contributed by atoms with Crippen LogP contribution in [0.5, 0.6) is 0 Å². The topological polar surface area (TPSA) is 49.8 Å². The van der Waals surface area contributed by atoms with Crippen molar-refractivity contribution in [2.45, 2.75) is 65.1 Å². The van der Waals surface area contributed by atoms with E-state index in [1.165, 1.54) is 0 Å². The molecule has 2 unspecified atom stereocenters. The zero-order chi connectivity index (χ0) is 13.9. The van der Waals surface area contributed by atoms with Crippen LogP contribution in [0, 0.1) is 5.92 Å².